The van der Waals surface area contributed by atoms with Gasteiger partial charge in [-0.2, -0.15) is 5.10 Å². The molecule has 0 fully saturated rings. The number of anilines is 1. The number of hydrogen-bond donors (Lipinski definition) is 2. The Morgan fingerprint density at radius 1 is 1.55 bits per heavy atom. The SMILES string of the molecule is COC(=O)c1cc(-c2ccn[nH]2)c(C(C)(F)P)cc1N. The van der Waals surface area contributed by atoms with Gasteiger partial charge in [0.15, 0.2) is 0 Å². The van der Waals surface area contributed by atoms with Crippen molar-refractivity contribution in [2.75, 3.05) is 12.8 Å². The van der Waals surface area contributed by atoms with Crippen LogP contribution in [0.2, 0.25) is 0 Å². The number of nitrogen functional groups attached to an aromatic ring is 1. The molecule has 0 spiro atoms. The molecule has 3 N–H and O–H groups in total. The third kappa shape index (κ3) is 2.65. The number of H-pyrrole nitrogens is 1. The third-order valence-corrected chi connectivity index (χ3v) is 3.22. The first-order valence-electron chi connectivity index (χ1n) is 5.84. The molecule has 2 atom stereocenters. The zero-order valence-electron chi connectivity index (χ0n) is 11.1. The van der Waals surface area contributed by atoms with Crippen molar-refractivity contribution in [1.29, 1.82) is 0 Å². The van der Waals surface area contributed by atoms with Crippen LogP contribution >= 0.6 is 9.24 Å². The number of nitrogens with two attached hydrogens (primary N) is 1. The Hall–Kier alpha value is -1.94. The smallest absolute Gasteiger partial charge is 0.339 e. The molecule has 5 nitrogen and oxygen atoms in total. The first-order valence-corrected chi connectivity index (χ1v) is 6.42. The number of esters is 1. The van der Waals surface area contributed by atoms with E-state index in [0.717, 1.165) is 0 Å². The molecule has 0 aliphatic carbocycles. The number of nitrogens with zero attached hydrogens (tertiary/aromatic N) is 1. The summed E-state index contributed by atoms with van der Waals surface area (Å²) < 4.78 is 19.0. The van der Waals surface area contributed by atoms with Gasteiger partial charge >= 0.3 is 5.97 Å². The molecule has 0 radical (unpaired) electrons. The highest BCUT2D eigenvalue weighted by Crippen LogP contribution is 2.40. The zero-order chi connectivity index (χ0) is 14.9. The zero-order valence-corrected chi connectivity index (χ0v) is 12.3. The van der Waals surface area contributed by atoms with E-state index in [4.69, 9.17) is 5.73 Å². The number of hydrogen-bond acceptors (Lipinski definition) is 4. The Morgan fingerprint density at radius 3 is 2.75 bits per heavy atom. The van der Waals surface area contributed by atoms with E-state index in [1.807, 2.05) is 0 Å². The fourth-order valence-electron chi connectivity index (χ4n) is 1.94. The topological polar surface area (TPSA) is 81.0 Å². The molecular formula is C13H15FN3O2P. The van der Waals surface area contributed by atoms with Gasteiger partial charge in [-0.15, -0.1) is 0 Å². The van der Waals surface area contributed by atoms with Crippen molar-refractivity contribution >= 4 is 20.9 Å². The molecule has 0 bridgehead atoms. The molecule has 7 heteroatoms. The van der Waals surface area contributed by atoms with E-state index in [1.54, 1.807) is 12.3 Å². The molecule has 2 unspecified atom stereocenters. The van der Waals surface area contributed by atoms with Gasteiger partial charge in [-0.25, -0.2) is 9.18 Å². The van der Waals surface area contributed by atoms with Crippen LogP contribution in [0, 0.1) is 0 Å². The predicted octanol–water partition coefficient (Wildman–Crippen LogP) is 2.46. The maximum absolute atomic E-state index is 14.3. The third-order valence-electron chi connectivity index (χ3n) is 2.91. The van der Waals surface area contributed by atoms with Crippen LogP contribution in [0.5, 0.6) is 0 Å². The van der Waals surface area contributed by atoms with Crippen molar-refractivity contribution < 1.29 is 13.9 Å². The lowest BCUT2D eigenvalue weighted by atomic mass is 9.96. The predicted molar refractivity (Wildman–Crippen MR) is 77.9 cm³/mol. The first kappa shape index (κ1) is 14.5. The fraction of sp³-hybridized carbons (Fsp3) is 0.231. The summed E-state index contributed by atoms with van der Waals surface area (Å²) in [5.41, 5.74) is 7.62. The van der Waals surface area contributed by atoms with E-state index < -0.39 is 11.4 Å². The van der Waals surface area contributed by atoms with Crippen LogP contribution in [0.1, 0.15) is 22.8 Å². The summed E-state index contributed by atoms with van der Waals surface area (Å²) >= 11 is 0. The second-order valence-corrected chi connectivity index (χ2v) is 5.61. The molecule has 2 aromatic rings. The molecule has 1 heterocycles. The molecule has 1 aromatic carbocycles. The fourth-order valence-corrected chi connectivity index (χ4v) is 2.18. The molecule has 106 valence electrons. The van der Waals surface area contributed by atoms with E-state index in [9.17, 15) is 9.18 Å². The van der Waals surface area contributed by atoms with E-state index in [1.165, 1.54) is 26.2 Å². The Kier molecular flexibility index (Phi) is 3.77. The number of rotatable bonds is 3. The molecule has 20 heavy (non-hydrogen) atoms. The highest BCUT2D eigenvalue weighted by molar-refractivity contribution is 7.18. The first-order chi connectivity index (χ1) is 9.34. The van der Waals surface area contributed by atoms with Gasteiger partial charge in [-0.3, -0.25) is 5.10 Å². The van der Waals surface area contributed by atoms with Crippen molar-refractivity contribution in [3.8, 4) is 11.3 Å². The summed E-state index contributed by atoms with van der Waals surface area (Å²) in [6.07, 6.45) is 1.55. The molecule has 1 aromatic heterocycles. The minimum absolute atomic E-state index is 0.168. The van der Waals surface area contributed by atoms with Crippen LogP contribution in [-0.2, 0) is 10.1 Å². The number of carbonyl (C=O) groups excluding carboxylic acids is 1. The summed E-state index contributed by atoms with van der Waals surface area (Å²) in [5, 5.41) is 4.90. The Labute approximate surface area is 117 Å². The molecule has 0 saturated carbocycles. The quantitative estimate of drug-likeness (QED) is 0.518. The van der Waals surface area contributed by atoms with Gasteiger partial charge in [0.25, 0.3) is 0 Å². The Balaban J connectivity index is 2.71. The molecule has 2 rings (SSSR count). The van der Waals surface area contributed by atoms with Crippen LogP contribution in [0.15, 0.2) is 24.4 Å². The van der Waals surface area contributed by atoms with Gasteiger partial charge in [-0.1, -0.05) is 9.24 Å². The Morgan fingerprint density at radius 2 is 2.25 bits per heavy atom. The number of benzene rings is 1. The van der Waals surface area contributed by atoms with Crippen LogP contribution in [0.25, 0.3) is 11.3 Å². The minimum Gasteiger partial charge on any atom is -0.465 e. The average Bonchev–Trinajstić information content (AvgIpc) is 2.90. The second kappa shape index (κ2) is 5.21. The molecule has 0 amide bonds. The molecular weight excluding hydrogens is 280 g/mol. The molecule has 0 aliphatic rings. The number of ether oxygens (including phenoxy) is 1. The highest BCUT2D eigenvalue weighted by atomic mass is 31.0. The lowest BCUT2D eigenvalue weighted by Gasteiger charge is -2.20. The van der Waals surface area contributed by atoms with Gasteiger partial charge in [0.2, 0.25) is 0 Å². The maximum atomic E-state index is 14.3. The summed E-state index contributed by atoms with van der Waals surface area (Å²) in [6, 6.07) is 4.63. The summed E-state index contributed by atoms with van der Waals surface area (Å²) in [7, 11) is 3.38. The van der Waals surface area contributed by atoms with Crippen LogP contribution in [0.4, 0.5) is 10.1 Å². The largest absolute Gasteiger partial charge is 0.465 e. The van der Waals surface area contributed by atoms with Gasteiger partial charge in [0.1, 0.15) is 5.41 Å². The second-order valence-electron chi connectivity index (χ2n) is 4.52. The number of halogens is 1. The van der Waals surface area contributed by atoms with Crippen LogP contribution in [-0.4, -0.2) is 23.3 Å². The summed E-state index contributed by atoms with van der Waals surface area (Å²) in [6.45, 7) is 1.39. The van der Waals surface area contributed by atoms with E-state index in [2.05, 4.69) is 24.2 Å². The number of aromatic nitrogens is 2. The lowest BCUT2D eigenvalue weighted by Crippen LogP contribution is -2.12. The molecule has 0 aliphatic heterocycles. The van der Waals surface area contributed by atoms with Gasteiger partial charge in [0.05, 0.1) is 18.4 Å². The average molecular weight is 295 g/mol. The maximum Gasteiger partial charge on any atom is 0.339 e. The standard InChI is InChI=1S/C13H15FN3O2P/c1-13(14,20)9-6-10(15)8(12(18)19-2)5-7(9)11-3-4-16-17-11/h3-6H,15,20H2,1-2H3,(H,16,17). The highest BCUT2D eigenvalue weighted by Gasteiger charge is 2.26. The number of methoxy groups -OCH3 is 1. The molecule has 0 saturated heterocycles. The van der Waals surface area contributed by atoms with Crippen LogP contribution in [0.3, 0.4) is 0 Å². The monoisotopic (exact) mass is 295 g/mol. The van der Waals surface area contributed by atoms with Crippen LogP contribution < -0.4 is 5.73 Å². The summed E-state index contributed by atoms with van der Waals surface area (Å²) in [4.78, 5) is 11.7. The van der Waals surface area contributed by atoms with Crippen molar-refractivity contribution in [1.82, 2.24) is 10.2 Å². The van der Waals surface area contributed by atoms with Crippen molar-refractivity contribution in [3.05, 3.63) is 35.5 Å². The van der Waals surface area contributed by atoms with Gasteiger partial charge in [0, 0.05) is 23.0 Å². The lowest BCUT2D eigenvalue weighted by molar-refractivity contribution is 0.0602. The van der Waals surface area contributed by atoms with E-state index in [-0.39, 0.29) is 11.3 Å². The number of nitrogens with one attached hydrogen (secondary N) is 1. The number of aromatic amines is 1. The van der Waals surface area contributed by atoms with E-state index in [0.29, 0.717) is 16.8 Å². The van der Waals surface area contributed by atoms with Gasteiger partial charge in [-0.05, 0) is 25.1 Å². The number of alkyl halides is 1. The van der Waals surface area contributed by atoms with Crippen molar-refractivity contribution in [2.24, 2.45) is 0 Å². The Bertz CT molecular complexity index is 636. The summed E-state index contributed by atoms with van der Waals surface area (Å²) in [5.74, 6) is -0.570. The van der Waals surface area contributed by atoms with Crippen molar-refractivity contribution in [3.63, 3.8) is 0 Å². The van der Waals surface area contributed by atoms with E-state index >= 15 is 0 Å². The number of carbonyl (C=O) groups is 1. The van der Waals surface area contributed by atoms with Gasteiger partial charge < -0.3 is 10.5 Å². The minimum atomic E-state index is -1.69. The van der Waals surface area contributed by atoms with Crippen molar-refractivity contribution in [2.45, 2.75) is 12.3 Å². The normalized spacial score (nSPS) is 13.8.